The molecule has 0 atom stereocenters. The summed E-state index contributed by atoms with van der Waals surface area (Å²) in [6.07, 6.45) is 11.1. The molecule has 0 aromatic carbocycles. The summed E-state index contributed by atoms with van der Waals surface area (Å²) in [6, 6.07) is 0. The Morgan fingerprint density at radius 3 is 1.44 bits per heavy atom. The molecule has 0 N–H and O–H groups in total. The van der Waals surface area contributed by atoms with Crippen molar-refractivity contribution in [1.29, 1.82) is 0 Å². The van der Waals surface area contributed by atoms with Gasteiger partial charge < -0.3 is 4.48 Å². The van der Waals surface area contributed by atoms with Crippen molar-refractivity contribution in [2.45, 2.75) is 72.1 Å². The number of quaternary nitrogens is 1. The Kier molecular flexibility index (Phi) is 10.1. The van der Waals surface area contributed by atoms with Crippen molar-refractivity contribution in [1.82, 2.24) is 0 Å². The second-order valence-electron chi connectivity index (χ2n) is 5.56. The van der Waals surface area contributed by atoms with Crippen LogP contribution < -0.4 is 0 Å². The van der Waals surface area contributed by atoms with Gasteiger partial charge in [-0.3, -0.25) is 0 Å². The Bertz CT molecular complexity index is 134. The van der Waals surface area contributed by atoms with Gasteiger partial charge in [0.05, 0.1) is 26.7 Å². The van der Waals surface area contributed by atoms with E-state index in [-0.39, 0.29) is 0 Å². The third-order valence-corrected chi connectivity index (χ3v) is 3.65. The van der Waals surface area contributed by atoms with E-state index in [2.05, 4.69) is 27.8 Å². The van der Waals surface area contributed by atoms with E-state index in [1.807, 2.05) is 0 Å². The van der Waals surface area contributed by atoms with Gasteiger partial charge in [-0.1, -0.05) is 46.5 Å². The molecule has 0 aromatic rings. The van der Waals surface area contributed by atoms with Crippen LogP contribution in [0.15, 0.2) is 0 Å². The van der Waals surface area contributed by atoms with Gasteiger partial charge in [-0.2, -0.15) is 0 Å². The quantitative estimate of drug-likeness (QED) is 0.358. The minimum Gasteiger partial charge on any atom is -0.326 e. The maximum atomic E-state index is 2.47. The molecule has 98 valence electrons. The van der Waals surface area contributed by atoms with Crippen molar-refractivity contribution in [2.24, 2.45) is 0 Å². The molecule has 0 saturated carbocycles. The van der Waals surface area contributed by atoms with Crippen LogP contribution in [0.4, 0.5) is 0 Å². The van der Waals surface area contributed by atoms with Gasteiger partial charge in [-0.25, -0.2) is 0 Å². The highest BCUT2D eigenvalue weighted by molar-refractivity contribution is 4.46. The number of hydrogen-bond acceptors (Lipinski definition) is 0. The Hall–Kier alpha value is -0.0400. The molecule has 0 rings (SSSR count). The van der Waals surface area contributed by atoms with Gasteiger partial charge in [0.2, 0.25) is 0 Å². The first-order valence-electron chi connectivity index (χ1n) is 7.52. The average Bonchev–Trinajstić information content (AvgIpc) is 2.30. The van der Waals surface area contributed by atoms with E-state index >= 15 is 0 Å². The molecule has 0 heterocycles. The first-order valence-corrected chi connectivity index (χ1v) is 7.52. The molecule has 0 saturated heterocycles. The number of unbranched alkanes of at least 4 members (excludes halogenated alkanes) is 5. The third kappa shape index (κ3) is 8.15. The maximum Gasteiger partial charge on any atom is 0.0784 e. The van der Waals surface area contributed by atoms with Crippen molar-refractivity contribution >= 4 is 0 Å². The molecule has 0 radical (unpaired) electrons. The molecule has 0 aliphatic carbocycles. The van der Waals surface area contributed by atoms with E-state index in [0.29, 0.717) is 0 Å². The summed E-state index contributed by atoms with van der Waals surface area (Å²) in [5.74, 6) is 0. The summed E-state index contributed by atoms with van der Waals surface area (Å²) >= 11 is 0. The molecule has 1 nitrogen and oxygen atoms in total. The predicted molar refractivity (Wildman–Crippen MR) is 74.7 cm³/mol. The standard InChI is InChI=1S/C15H34N/c1-5-8-11-12-15-16(4,13-9-6-2)14-10-7-3/h5-15H2,1-4H3/q+1. The van der Waals surface area contributed by atoms with Crippen LogP contribution in [0.25, 0.3) is 0 Å². The zero-order valence-corrected chi connectivity index (χ0v) is 12.2. The van der Waals surface area contributed by atoms with Gasteiger partial charge in [-0.15, -0.1) is 0 Å². The first-order chi connectivity index (χ1) is 7.68. The van der Waals surface area contributed by atoms with Crippen molar-refractivity contribution in [2.75, 3.05) is 26.7 Å². The summed E-state index contributed by atoms with van der Waals surface area (Å²) in [5.41, 5.74) is 0. The molecule has 0 aliphatic rings. The zero-order valence-electron chi connectivity index (χ0n) is 12.2. The van der Waals surface area contributed by atoms with Crippen molar-refractivity contribution in [3.63, 3.8) is 0 Å². The normalized spacial score (nSPS) is 12.0. The largest absolute Gasteiger partial charge is 0.326 e. The van der Waals surface area contributed by atoms with Crippen LogP contribution in [0, 0.1) is 0 Å². The molecule has 0 fully saturated rings. The van der Waals surface area contributed by atoms with E-state index in [1.165, 1.54) is 75.5 Å². The zero-order chi connectivity index (χ0) is 12.3. The monoisotopic (exact) mass is 228 g/mol. The summed E-state index contributed by atoms with van der Waals surface area (Å²) in [5, 5.41) is 0. The van der Waals surface area contributed by atoms with Gasteiger partial charge in [0.25, 0.3) is 0 Å². The molecule has 0 unspecified atom stereocenters. The van der Waals surface area contributed by atoms with Crippen LogP contribution in [-0.4, -0.2) is 31.2 Å². The fraction of sp³-hybridized carbons (Fsp3) is 1.00. The molecule has 0 aromatic heterocycles. The van der Waals surface area contributed by atoms with Crippen molar-refractivity contribution < 1.29 is 4.48 Å². The van der Waals surface area contributed by atoms with Crippen LogP contribution in [0.3, 0.4) is 0 Å². The molecule has 0 spiro atoms. The van der Waals surface area contributed by atoms with Crippen molar-refractivity contribution in [3.05, 3.63) is 0 Å². The fourth-order valence-corrected chi connectivity index (χ4v) is 2.34. The van der Waals surface area contributed by atoms with Crippen LogP contribution in [-0.2, 0) is 0 Å². The molecule has 0 aliphatic heterocycles. The fourth-order valence-electron chi connectivity index (χ4n) is 2.34. The van der Waals surface area contributed by atoms with E-state index in [4.69, 9.17) is 0 Å². The highest BCUT2D eigenvalue weighted by Gasteiger charge is 2.19. The number of hydrogen-bond donors (Lipinski definition) is 0. The Labute approximate surface area is 104 Å². The van der Waals surface area contributed by atoms with Gasteiger partial charge in [0.15, 0.2) is 0 Å². The molecular formula is C15H34N+. The minimum atomic E-state index is 1.32. The highest BCUT2D eigenvalue weighted by atomic mass is 15.3. The van der Waals surface area contributed by atoms with Gasteiger partial charge in [0, 0.05) is 0 Å². The lowest BCUT2D eigenvalue weighted by Crippen LogP contribution is -2.46. The SMILES string of the molecule is CCCCCC[N+](C)(CCCC)CCCC. The molecule has 1 heteroatoms. The molecule has 0 bridgehead atoms. The van der Waals surface area contributed by atoms with Gasteiger partial charge in [0.1, 0.15) is 0 Å². The van der Waals surface area contributed by atoms with Crippen LogP contribution in [0.5, 0.6) is 0 Å². The lowest BCUT2D eigenvalue weighted by Gasteiger charge is -2.35. The van der Waals surface area contributed by atoms with Crippen LogP contribution in [0.1, 0.15) is 72.1 Å². The van der Waals surface area contributed by atoms with E-state index in [1.54, 1.807) is 0 Å². The van der Waals surface area contributed by atoms with Gasteiger partial charge >= 0.3 is 0 Å². The summed E-state index contributed by atoms with van der Waals surface area (Å²) in [7, 11) is 2.47. The Morgan fingerprint density at radius 1 is 0.562 bits per heavy atom. The Balaban J connectivity index is 3.86. The second-order valence-corrected chi connectivity index (χ2v) is 5.56. The summed E-state index contributed by atoms with van der Waals surface area (Å²) in [4.78, 5) is 0. The average molecular weight is 228 g/mol. The predicted octanol–water partition coefficient (Wildman–Crippen LogP) is 4.61. The number of rotatable bonds is 11. The van der Waals surface area contributed by atoms with E-state index in [9.17, 15) is 0 Å². The summed E-state index contributed by atoms with van der Waals surface area (Å²) in [6.45, 7) is 11.1. The van der Waals surface area contributed by atoms with Crippen LogP contribution in [0.2, 0.25) is 0 Å². The lowest BCUT2D eigenvalue weighted by molar-refractivity contribution is -0.910. The molecule has 16 heavy (non-hydrogen) atoms. The Morgan fingerprint density at radius 2 is 1.00 bits per heavy atom. The molecule has 0 amide bonds. The maximum absolute atomic E-state index is 2.47. The molecular weight excluding hydrogens is 194 g/mol. The van der Waals surface area contributed by atoms with E-state index in [0.717, 1.165) is 0 Å². The lowest BCUT2D eigenvalue weighted by atomic mass is 10.1. The highest BCUT2D eigenvalue weighted by Crippen LogP contribution is 2.12. The smallest absolute Gasteiger partial charge is 0.0784 e. The first kappa shape index (κ1) is 16.0. The van der Waals surface area contributed by atoms with E-state index < -0.39 is 0 Å². The topological polar surface area (TPSA) is 0 Å². The summed E-state index contributed by atoms with van der Waals surface area (Å²) < 4.78 is 1.32. The number of nitrogens with zero attached hydrogens (tertiary/aromatic N) is 1. The second kappa shape index (κ2) is 10.1. The van der Waals surface area contributed by atoms with Gasteiger partial charge in [-0.05, 0) is 25.7 Å². The van der Waals surface area contributed by atoms with Crippen molar-refractivity contribution in [3.8, 4) is 0 Å². The minimum absolute atomic E-state index is 1.32. The third-order valence-electron chi connectivity index (χ3n) is 3.65. The van der Waals surface area contributed by atoms with Crippen LogP contribution >= 0.6 is 0 Å².